The normalized spacial score (nSPS) is 15.5. The van der Waals surface area contributed by atoms with Gasteiger partial charge in [0.05, 0.1) is 18.3 Å². The van der Waals surface area contributed by atoms with Gasteiger partial charge in [-0.25, -0.2) is 0 Å². The molecule has 2 amide bonds. The van der Waals surface area contributed by atoms with Crippen molar-refractivity contribution in [3.63, 3.8) is 0 Å². The minimum Gasteiger partial charge on any atom is -0.454 e. The number of nitrogens with one attached hydrogen (secondary N) is 1. The smallest absolute Gasteiger partial charge is 0.258 e. The standard InChI is InChI=1S/C24H23BrN4O4/c25-22-19(13-26-29(22)14-16-4-2-1-3-5-16)24(31)28-10-8-17(9-11-28)23(30)27-18-6-7-20-21(12-18)33-15-32-20/h1-7,12-13,17H,8-11,14-15H2,(H,27,30). The molecule has 2 aromatic carbocycles. The zero-order valence-electron chi connectivity index (χ0n) is 17.9. The number of carbonyl (C=O) groups excluding carboxylic acids is 2. The van der Waals surface area contributed by atoms with Crippen molar-refractivity contribution >= 4 is 33.4 Å². The van der Waals surface area contributed by atoms with Crippen LogP contribution < -0.4 is 14.8 Å². The van der Waals surface area contributed by atoms with Crippen LogP contribution in [0.3, 0.4) is 0 Å². The third-order valence-corrected chi connectivity index (χ3v) is 6.81. The van der Waals surface area contributed by atoms with E-state index in [1.165, 1.54) is 0 Å². The Morgan fingerprint density at radius 2 is 1.82 bits per heavy atom. The van der Waals surface area contributed by atoms with Gasteiger partial charge >= 0.3 is 0 Å². The lowest BCUT2D eigenvalue weighted by atomic mass is 9.95. The Bertz CT molecular complexity index is 1170. The molecular formula is C24H23BrN4O4. The van der Waals surface area contributed by atoms with Gasteiger partial charge in [-0.2, -0.15) is 5.10 Å². The second kappa shape index (κ2) is 9.27. The van der Waals surface area contributed by atoms with E-state index in [0.717, 1.165) is 5.56 Å². The summed E-state index contributed by atoms with van der Waals surface area (Å²) in [7, 11) is 0. The van der Waals surface area contributed by atoms with Gasteiger partial charge in [0, 0.05) is 30.8 Å². The number of benzene rings is 2. The van der Waals surface area contributed by atoms with Crippen molar-refractivity contribution in [2.45, 2.75) is 19.4 Å². The summed E-state index contributed by atoms with van der Waals surface area (Å²) in [5.74, 6) is 1.04. The van der Waals surface area contributed by atoms with Gasteiger partial charge in [-0.3, -0.25) is 14.3 Å². The first-order valence-electron chi connectivity index (χ1n) is 10.8. The van der Waals surface area contributed by atoms with E-state index < -0.39 is 0 Å². The van der Waals surface area contributed by atoms with Crippen LogP contribution in [0, 0.1) is 5.92 Å². The molecule has 0 atom stereocenters. The third kappa shape index (κ3) is 4.59. The highest BCUT2D eigenvalue weighted by atomic mass is 79.9. The number of hydrogen-bond donors (Lipinski definition) is 1. The van der Waals surface area contributed by atoms with Crippen LogP contribution in [-0.2, 0) is 11.3 Å². The highest BCUT2D eigenvalue weighted by Crippen LogP contribution is 2.34. The molecule has 9 heteroatoms. The molecule has 2 aliphatic heterocycles. The van der Waals surface area contributed by atoms with Crippen LogP contribution in [-0.4, -0.2) is 46.4 Å². The highest BCUT2D eigenvalue weighted by molar-refractivity contribution is 9.10. The molecule has 1 N–H and O–H groups in total. The number of hydrogen-bond acceptors (Lipinski definition) is 5. The van der Waals surface area contributed by atoms with Crippen LogP contribution in [0.1, 0.15) is 28.8 Å². The van der Waals surface area contributed by atoms with E-state index >= 15 is 0 Å². The monoisotopic (exact) mass is 510 g/mol. The maximum Gasteiger partial charge on any atom is 0.258 e. The first-order valence-corrected chi connectivity index (χ1v) is 11.6. The van der Waals surface area contributed by atoms with Crippen molar-refractivity contribution < 1.29 is 19.1 Å². The minimum atomic E-state index is -0.149. The van der Waals surface area contributed by atoms with E-state index in [-0.39, 0.29) is 24.5 Å². The SMILES string of the molecule is O=C(Nc1ccc2c(c1)OCO2)C1CCN(C(=O)c2cnn(Cc3ccccc3)c2Br)CC1. The molecule has 3 heterocycles. The number of rotatable bonds is 5. The van der Waals surface area contributed by atoms with Crippen molar-refractivity contribution in [3.05, 3.63) is 70.5 Å². The molecule has 33 heavy (non-hydrogen) atoms. The van der Waals surface area contributed by atoms with Gasteiger partial charge in [0.15, 0.2) is 11.5 Å². The summed E-state index contributed by atoms with van der Waals surface area (Å²) in [5.41, 5.74) is 2.32. The van der Waals surface area contributed by atoms with Crippen LogP contribution >= 0.6 is 15.9 Å². The Morgan fingerprint density at radius 3 is 2.61 bits per heavy atom. The number of halogens is 1. The fourth-order valence-electron chi connectivity index (χ4n) is 4.11. The zero-order chi connectivity index (χ0) is 22.8. The summed E-state index contributed by atoms with van der Waals surface area (Å²) in [5, 5.41) is 7.33. The van der Waals surface area contributed by atoms with Crippen molar-refractivity contribution in [2.75, 3.05) is 25.2 Å². The molecule has 1 aromatic heterocycles. The van der Waals surface area contributed by atoms with Crippen molar-refractivity contribution in [1.82, 2.24) is 14.7 Å². The predicted octanol–water partition coefficient (Wildman–Crippen LogP) is 3.91. The number of carbonyl (C=O) groups is 2. The van der Waals surface area contributed by atoms with Crippen molar-refractivity contribution in [1.29, 1.82) is 0 Å². The summed E-state index contributed by atoms with van der Waals surface area (Å²) in [6, 6.07) is 15.3. The number of nitrogens with zero attached hydrogens (tertiary/aromatic N) is 3. The molecule has 0 bridgehead atoms. The van der Waals surface area contributed by atoms with Gasteiger partial charge < -0.3 is 19.7 Å². The van der Waals surface area contributed by atoms with Gasteiger partial charge in [-0.05, 0) is 46.5 Å². The number of aromatic nitrogens is 2. The predicted molar refractivity (Wildman–Crippen MR) is 125 cm³/mol. The third-order valence-electron chi connectivity index (χ3n) is 5.97. The first-order chi connectivity index (χ1) is 16.1. The van der Waals surface area contributed by atoms with Crippen LogP contribution in [0.5, 0.6) is 11.5 Å². The van der Waals surface area contributed by atoms with Gasteiger partial charge in [-0.1, -0.05) is 30.3 Å². The minimum absolute atomic E-state index is 0.0437. The molecule has 0 unspecified atom stereocenters. The Kier molecular flexibility index (Phi) is 6.04. The molecule has 1 saturated heterocycles. The van der Waals surface area contributed by atoms with E-state index in [1.807, 2.05) is 30.3 Å². The van der Waals surface area contributed by atoms with E-state index in [0.29, 0.717) is 59.8 Å². The van der Waals surface area contributed by atoms with Crippen LogP contribution in [0.4, 0.5) is 5.69 Å². The number of fused-ring (bicyclic) bond motifs is 1. The summed E-state index contributed by atoms with van der Waals surface area (Å²) in [4.78, 5) is 27.6. The number of likely N-dealkylation sites (tertiary alicyclic amines) is 1. The molecule has 170 valence electrons. The van der Waals surface area contributed by atoms with Crippen molar-refractivity contribution in [2.24, 2.45) is 5.92 Å². The van der Waals surface area contributed by atoms with Gasteiger partial charge in [-0.15, -0.1) is 0 Å². The van der Waals surface area contributed by atoms with Crippen molar-refractivity contribution in [3.8, 4) is 11.5 Å². The Morgan fingerprint density at radius 1 is 1.06 bits per heavy atom. The topological polar surface area (TPSA) is 85.7 Å². The Labute approximate surface area is 199 Å². The fraction of sp³-hybridized carbons (Fsp3) is 0.292. The Hall–Kier alpha value is -3.33. The maximum absolute atomic E-state index is 13.1. The number of anilines is 1. The zero-order valence-corrected chi connectivity index (χ0v) is 19.5. The number of piperidine rings is 1. The lowest BCUT2D eigenvalue weighted by Crippen LogP contribution is -2.41. The van der Waals surface area contributed by atoms with Gasteiger partial charge in [0.1, 0.15) is 4.60 Å². The maximum atomic E-state index is 13.1. The summed E-state index contributed by atoms with van der Waals surface area (Å²) in [6.45, 7) is 1.82. The summed E-state index contributed by atoms with van der Waals surface area (Å²) < 4.78 is 13.1. The molecule has 8 nitrogen and oxygen atoms in total. The van der Waals surface area contributed by atoms with E-state index in [2.05, 4.69) is 26.3 Å². The molecule has 0 radical (unpaired) electrons. The molecule has 1 fully saturated rings. The number of amides is 2. The van der Waals surface area contributed by atoms with E-state index in [1.54, 1.807) is 34.0 Å². The summed E-state index contributed by atoms with van der Waals surface area (Å²) in [6.07, 6.45) is 2.82. The largest absolute Gasteiger partial charge is 0.454 e. The lowest BCUT2D eigenvalue weighted by molar-refractivity contribution is -0.121. The molecule has 0 aliphatic carbocycles. The average Bonchev–Trinajstić information content (AvgIpc) is 3.46. The van der Waals surface area contributed by atoms with Gasteiger partial charge in [0.2, 0.25) is 12.7 Å². The average molecular weight is 511 g/mol. The molecule has 5 rings (SSSR count). The second-order valence-corrected chi connectivity index (χ2v) is 8.87. The highest BCUT2D eigenvalue weighted by Gasteiger charge is 2.30. The van der Waals surface area contributed by atoms with Gasteiger partial charge in [0.25, 0.3) is 5.91 Å². The molecular weight excluding hydrogens is 488 g/mol. The Balaban J connectivity index is 1.17. The quantitative estimate of drug-likeness (QED) is 0.562. The van der Waals surface area contributed by atoms with Crippen LogP contribution in [0.15, 0.2) is 59.3 Å². The summed E-state index contributed by atoms with van der Waals surface area (Å²) >= 11 is 3.54. The van der Waals surface area contributed by atoms with Crippen LogP contribution in [0.25, 0.3) is 0 Å². The fourth-order valence-corrected chi connectivity index (χ4v) is 4.60. The second-order valence-electron chi connectivity index (χ2n) is 8.12. The van der Waals surface area contributed by atoms with E-state index in [4.69, 9.17) is 9.47 Å². The van der Waals surface area contributed by atoms with E-state index in [9.17, 15) is 9.59 Å². The first kappa shape index (κ1) is 21.5. The molecule has 2 aliphatic rings. The molecule has 0 spiro atoms. The number of ether oxygens (including phenoxy) is 2. The molecule has 3 aromatic rings. The van der Waals surface area contributed by atoms with Crippen LogP contribution in [0.2, 0.25) is 0 Å². The lowest BCUT2D eigenvalue weighted by Gasteiger charge is -2.31. The molecule has 0 saturated carbocycles.